The smallest absolute Gasteiger partial charge is 0.261 e. The molecule has 3 amide bonds. The van der Waals surface area contributed by atoms with Crippen LogP contribution in [-0.2, 0) is 0 Å². The molecule has 7 heteroatoms. The fraction of sp³-hybridized carbons (Fsp3) is 0.333. The minimum Gasteiger partial charge on any atom is -0.360 e. The molecule has 2 aromatic heterocycles. The van der Waals surface area contributed by atoms with Gasteiger partial charge in [0.15, 0.2) is 0 Å². The molecule has 1 aromatic carbocycles. The van der Waals surface area contributed by atoms with Crippen molar-refractivity contribution in [2.24, 2.45) is 0 Å². The number of aromatic nitrogens is 2. The molecule has 0 radical (unpaired) electrons. The zero-order valence-corrected chi connectivity index (χ0v) is 17.6. The molecule has 0 atom stereocenters. The first-order valence-corrected chi connectivity index (χ1v) is 10.7. The van der Waals surface area contributed by atoms with Crippen LogP contribution in [0.5, 0.6) is 0 Å². The van der Waals surface area contributed by atoms with Crippen molar-refractivity contribution in [2.45, 2.75) is 38.6 Å². The maximum absolute atomic E-state index is 13.1. The Bertz CT molecular complexity index is 1200. The number of aromatic amines is 1. The highest BCUT2D eigenvalue weighted by atomic mass is 16.2. The average molecular weight is 416 g/mol. The van der Waals surface area contributed by atoms with Crippen molar-refractivity contribution >= 4 is 28.8 Å². The van der Waals surface area contributed by atoms with Gasteiger partial charge in [0.1, 0.15) is 0 Å². The lowest BCUT2D eigenvalue weighted by Gasteiger charge is -2.32. The lowest BCUT2D eigenvalue weighted by molar-refractivity contribution is 0.0608. The Morgan fingerprint density at radius 3 is 2.58 bits per heavy atom. The van der Waals surface area contributed by atoms with Crippen LogP contribution in [0.3, 0.4) is 0 Å². The summed E-state index contributed by atoms with van der Waals surface area (Å²) in [6, 6.07) is 8.56. The molecule has 1 fully saturated rings. The van der Waals surface area contributed by atoms with E-state index < -0.39 is 0 Å². The van der Waals surface area contributed by atoms with E-state index in [1.807, 2.05) is 23.2 Å². The van der Waals surface area contributed by atoms with E-state index in [1.54, 1.807) is 38.2 Å². The van der Waals surface area contributed by atoms with Gasteiger partial charge in [0.05, 0.1) is 22.2 Å². The van der Waals surface area contributed by atoms with Crippen LogP contribution in [-0.4, -0.2) is 56.6 Å². The number of benzene rings is 1. The predicted octanol–water partition coefficient (Wildman–Crippen LogP) is 3.59. The Labute approximate surface area is 180 Å². The zero-order valence-electron chi connectivity index (χ0n) is 17.6. The molecule has 0 aliphatic carbocycles. The number of imide groups is 1. The number of nitrogens with zero attached hydrogens (tertiary/aromatic N) is 3. The fourth-order valence-corrected chi connectivity index (χ4v) is 4.72. The summed E-state index contributed by atoms with van der Waals surface area (Å²) in [6.45, 7) is 4.90. The second-order valence-corrected chi connectivity index (χ2v) is 8.54. The summed E-state index contributed by atoms with van der Waals surface area (Å²) in [6.07, 6.45) is 5.56. The number of pyridine rings is 1. The highest BCUT2D eigenvalue weighted by Crippen LogP contribution is 2.33. The lowest BCUT2D eigenvalue weighted by atomic mass is 9.90. The van der Waals surface area contributed by atoms with E-state index in [9.17, 15) is 14.4 Å². The van der Waals surface area contributed by atoms with Gasteiger partial charge >= 0.3 is 0 Å². The molecule has 1 N–H and O–H groups in total. The summed E-state index contributed by atoms with van der Waals surface area (Å²) in [7, 11) is 0. The molecule has 0 bridgehead atoms. The summed E-state index contributed by atoms with van der Waals surface area (Å²) in [5, 5.41) is 0. The second kappa shape index (κ2) is 7.34. The van der Waals surface area contributed by atoms with Crippen LogP contribution in [0.4, 0.5) is 0 Å². The number of carbonyl (C=O) groups excluding carboxylic acids is 3. The van der Waals surface area contributed by atoms with Crippen molar-refractivity contribution in [3.63, 3.8) is 0 Å². The van der Waals surface area contributed by atoms with Gasteiger partial charge in [0.25, 0.3) is 17.7 Å². The normalized spacial score (nSPS) is 17.1. The minimum atomic E-state index is -0.324. The van der Waals surface area contributed by atoms with Gasteiger partial charge in [-0.3, -0.25) is 24.3 Å². The number of fused-ring (bicyclic) bond motifs is 2. The Morgan fingerprint density at radius 1 is 1.10 bits per heavy atom. The van der Waals surface area contributed by atoms with E-state index in [0.717, 1.165) is 23.9 Å². The average Bonchev–Trinajstić information content (AvgIpc) is 3.32. The van der Waals surface area contributed by atoms with Crippen LogP contribution in [0.25, 0.3) is 11.0 Å². The summed E-state index contributed by atoms with van der Waals surface area (Å²) in [5.74, 6) is -0.356. The van der Waals surface area contributed by atoms with E-state index >= 15 is 0 Å². The summed E-state index contributed by atoms with van der Waals surface area (Å²) in [4.78, 5) is 49.1. The third kappa shape index (κ3) is 3.12. The van der Waals surface area contributed by atoms with Crippen molar-refractivity contribution in [1.82, 2.24) is 19.8 Å². The molecule has 2 aliphatic heterocycles. The van der Waals surface area contributed by atoms with Crippen molar-refractivity contribution < 1.29 is 14.4 Å². The number of H-pyrrole nitrogens is 1. The number of amides is 3. The Hall–Kier alpha value is -3.48. The third-order valence-electron chi connectivity index (χ3n) is 6.37. The number of rotatable bonds is 3. The zero-order chi connectivity index (χ0) is 21.7. The summed E-state index contributed by atoms with van der Waals surface area (Å²) in [5.41, 5.74) is 4.40. The summed E-state index contributed by atoms with van der Waals surface area (Å²) >= 11 is 0. The first-order valence-electron chi connectivity index (χ1n) is 10.7. The predicted molar refractivity (Wildman–Crippen MR) is 116 cm³/mol. The molecule has 1 saturated heterocycles. The van der Waals surface area contributed by atoms with Gasteiger partial charge in [-0.2, -0.15) is 0 Å². The highest BCUT2D eigenvalue weighted by Gasteiger charge is 2.38. The second-order valence-electron chi connectivity index (χ2n) is 8.54. The van der Waals surface area contributed by atoms with Crippen LogP contribution < -0.4 is 0 Å². The quantitative estimate of drug-likeness (QED) is 0.661. The van der Waals surface area contributed by atoms with Gasteiger partial charge in [-0.15, -0.1) is 0 Å². The van der Waals surface area contributed by atoms with Gasteiger partial charge in [-0.1, -0.05) is 0 Å². The molecular weight excluding hydrogens is 392 g/mol. The molecule has 5 rings (SSSR count). The third-order valence-corrected chi connectivity index (χ3v) is 6.37. The van der Waals surface area contributed by atoms with E-state index in [1.165, 1.54) is 10.5 Å². The molecule has 0 spiro atoms. The molecule has 3 aromatic rings. The monoisotopic (exact) mass is 416 g/mol. The van der Waals surface area contributed by atoms with Crippen LogP contribution in [0, 0.1) is 0 Å². The Morgan fingerprint density at radius 2 is 1.84 bits per heavy atom. The highest BCUT2D eigenvalue weighted by molar-refractivity contribution is 6.22. The molecule has 158 valence electrons. The Balaban J connectivity index is 1.32. The molecule has 7 nitrogen and oxygen atoms in total. The number of hydrogen-bond donors (Lipinski definition) is 1. The van der Waals surface area contributed by atoms with Gasteiger partial charge in [-0.25, -0.2) is 0 Å². The van der Waals surface area contributed by atoms with Crippen molar-refractivity contribution in [3.8, 4) is 0 Å². The summed E-state index contributed by atoms with van der Waals surface area (Å²) < 4.78 is 0. The molecule has 2 aliphatic rings. The lowest BCUT2D eigenvalue weighted by Crippen LogP contribution is -2.38. The molecular formula is C24H24N4O3. The van der Waals surface area contributed by atoms with Crippen LogP contribution in [0.2, 0.25) is 0 Å². The van der Waals surface area contributed by atoms with Gasteiger partial charge in [-0.05, 0) is 68.5 Å². The first kappa shape index (κ1) is 19.5. The Kier molecular flexibility index (Phi) is 4.61. The molecule has 4 heterocycles. The van der Waals surface area contributed by atoms with E-state index in [0.29, 0.717) is 35.7 Å². The van der Waals surface area contributed by atoms with Crippen molar-refractivity contribution in [2.75, 3.05) is 13.1 Å². The number of likely N-dealkylation sites (tertiary alicyclic amines) is 1. The van der Waals surface area contributed by atoms with Crippen LogP contribution in [0.1, 0.15) is 69.2 Å². The SMILES string of the molecule is CC(C)N1C(=O)c2ccc(C(=O)N3CCC(c4c[nH]c5cccnc45)CC3)cc2C1=O. The number of hydrogen-bond acceptors (Lipinski definition) is 4. The largest absolute Gasteiger partial charge is 0.360 e. The fourth-order valence-electron chi connectivity index (χ4n) is 4.72. The van der Waals surface area contributed by atoms with E-state index in [4.69, 9.17) is 0 Å². The van der Waals surface area contributed by atoms with E-state index in [-0.39, 0.29) is 23.8 Å². The van der Waals surface area contributed by atoms with Crippen molar-refractivity contribution in [1.29, 1.82) is 0 Å². The van der Waals surface area contributed by atoms with E-state index in [2.05, 4.69) is 9.97 Å². The molecule has 0 unspecified atom stereocenters. The standard InChI is InChI=1S/C24H24N4O3/c1-14(2)28-23(30)17-6-5-16(12-18(17)24(28)31)22(29)27-10-7-15(8-11-27)19-13-26-20-4-3-9-25-21(19)20/h3-6,9,12-15,26H,7-8,10-11H2,1-2H3. The van der Waals surface area contributed by atoms with Gasteiger partial charge < -0.3 is 9.88 Å². The van der Waals surface area contributed by atoms with Crippen LogP contribution >= 0.6 is 0 Å². The van der Waals surface area contributed by atoms with Gasteiger partial charge in [0.2, 0.25) is 0 Å². The maximum Gasteiger partial charge on any atom is 0.261 e. The van der Waals surface area contributed by atoms with Crippen LogP contribution in [0.15, 0.2) is 42.7 Å². The number of carbonyl (C=O) groups is 3. The molecule has 0 saturated carbocycles. The maximum atomic E-state index is 13.1. The van der Waals surface area contributed by atoms with Gasteiger partial charge in [0, 0.05) is 37.1 Å². The number of piperidine rings is 1. The van der Waals surface area contributed by atoms with Crippen molar-refractivity contribution in [3.05, 3.63) is 65.0 Å². The number of nitrogens with one attached hydrogen (secondary N) is 1. The molecule has 31 heavy (non-hydrogen) atoms. The topological polar surface area (TPSA) is 86.4 Å². The minimum absolute atomic E-state index is 0.0958. The first-order chi connectivity index (χ1) is 15.0.